The van der Waals surface area contributed by atoms with Gasteiger partial charge in [-0.15, -0.1) is 11.3 Å². The van der Waals surface area contributed by atoms with Gasteiger partial charge in [0.05, 0.1) is 11.4 Å². The number of rotatable bonds is 5. The van der Waals surface area contributed by atoms with Gasteiger partial charge in [0.25, 0.3) is 0 Å². The summed E-state index contributed by atoms with van der Waals surface area (Å²) in [5.74, 6) is 1.94. The van der Waals surface area contributed by atoms with Crippen molar-refractivity contribution in [2.24, 2.45) is 11.8 Å². The molecule has 1 fully saturated rings. The van der Waals surface area contributed by atoms with Crippen LogP contribution in [0.4, 0.5) is 0 Å². The molecule has 0 amide bonds. The molecule has 1 saturated carbocycles. The zero-order valence-electron chi connectivity index (χ0n) is 10.2. The predicted octanol–water partition coefficient (Wildman–Crippen LogP) is 2.83. The summed E-state index contributed by atoms with van der Waals surface area (Å²) in [4.78, 5) is 16.2. The van der Waals surface area contributed by atoms with Crippen molar-refractivity contribution in [1.29, 1.82) is 0 Å². The molecule has 2 unspecified atom stereocenters. The molecule has 16 heavy (non-hydrogen) atoms. The Balaban J connectivity index is 1.82. The first-order valence-electron chi connectivity index (χ1n) is 5.84. The Morgan fingerprint density at radius 2 is 2.25 bits per heavy atom. The van der Waals surface area contributed by atoms with E-state index < -0.39 is 0 Å². The fourth-order valence-electron chi connectivity index (χ4n) is 2.03. The molecule has 1 aliphatic carbocycles. The molecular formula is C13H19NOS. The van der Waals surface area contributed by atoms with Crippen LogP contribution in [-0.2, 0) is 0 Å². The fourth-order valence-corrected chi connectivity index (χ4v) is 2.82. The van der Waals surface area contributed by atoms with Crippen molar-refractivity contribution >= 4 is 17.1 Å². The van der Waals surface area contributed by atoms with Gasteiger partial charge >= 0.3 is 0 Å². The highest BCUT2D eigenvalue weighted by atomic mass is 32.1. The van der Waals surface area contributed by atoms with Gasteiger partial charge in [-0.1, -0.05) is 6.92 Å². The monoisotopic (exact) mass is 237 g/mol. The lowest BCUT2D eigenvalue weighted by atomic mass is 10.2. The van der Waals surface area contributed by atoms with E-state index in [9.17, 15) is 4.79 Å². The Hall–Kier alpha value is -0.670. The fraction of sp³-hybridized carbons (Fsp3) is 0.615. The van der Waals surface area contributed by atoms with E-state index in [-0.39, 0.29) is 5.78 Å². The molecule has 88 valence electrons. The summed E-state index contributed by atoms with van der Waals surface area (Å²) in [5.41, 5.74) is 0. The van der Waals surface area contributed by atoms with Crippen LogP contribution in [0.15, 0.2) is 12.1 Å². The van der Waals surface area contributed by atoms with E-state index >= 15 is 0 Å². The Labute approximate surface area is 101 Å². The predicted molar refractivity (Wildman–Crippen MR) is 68.2 cm³/mol. The number of thiophene rings is 1. The number of nitrogens with zero attached hydrogens (tertiary/aromatic N) is 1. The van der Waals surface area contributed by atoms with Gasteiger partial charge in [0.2, 0.25) is 0 Å². The summed E-state index contributed by atoms with van der Waals surface area (Å²) < 4.78 is 0. The van der Waals surface area contributed by atoms with E-state index in [0.29, 0.717) is 6.54 Å². The molecule has 0 spiro atoms. The topological polar surface area (TPSA) is 20.3 Å². The molecule has 0 bridgehead atoms. The van der Waals surface area contributed by atoms with E-state index in [2.05, 4.69) is 11.8 Å². The summed E-state index contributed by atoms with van der Waals surface area (Å²) in [6, 6.07) is 3.96. The lowest BCUT2D eigenvalue weighted by Gasteiger charge is -2.14. The van der Waals surface area contributed by atoms with Crippen LogP contribution in [-0.4, -0.2) is 30.8 Å². The molecule has 0 aliphatic heterocycles. The van der Waals surface area contributed by atoms with Crippen LogP contribution in [0.25, 0.3) is 0 Å². The van der Waals surface area contributed by atoms with Gasteiger partial charge in [0.15, 0.2) is 5.78 Å². The number of hydrogen-bond acceptors (Lipinski definition) is 3. The van der Waals surface area contributed by atoms with Gasteiger partial charge in [-0.3, -0.25) is 9.69 Å². The minimum Gasteiger partial charge on any atom is -0.299 e. The zero-order chi connectivity index (χ0) is 11.7. The van der Waals surface area contributed by atoms with Crippen molar-refractivity contribution in [2.45, 2.75) is 20.3 Å². The largest absolute Gasteiger partial charge is 0.299 e. The third-order valence-electron chi connectivity index (χ3n) is 3.25. The molecule has 1 aromatic heterocycles. The van der Waals surface area contributed by atoms with Crippen LogP contribution < -0.4 is 0 Å². The highest BCUT2D eigenvalue weighted by Gasteiger charge is 2.33. The van der Waals surface area contributed by atoms with Crippen LogP contribution in [0.5, 0.6) is 0 Å². The first-order chi connectivity index (χ1) is 7.56. The first-order valence-corrected chi connectivity index (χ1v) is 6.66. The van der Waals surface area contributed by atoms with Crippen molar-refractivity contribution in [1.82, 2.24) is 4.90 Å². The van der Waals surface area contributed by atoms with Crippen molar-refractivity contribution in [3.8, 4) is 0 Å². The molecule has 2 atom stereocenters. The number of hydrogen-bond donors (Lipinski definition) is 0. The van der Waals surface area contributed by atoms with E-state index in [0.717, 1.165) is 23.3 Å². The number of ketones is 1. The average molecular weight is 237 g/mol. The quantitative estimate of drug-likeness (QED) is 0.734. The second-order valence-electron chi connectivity index (χ2n) is 5.00. The molecule has 0 aromatic carbocycles. The summed E-state index contributed by atoms with van der Waals surface area (Å²) in [7, 11) is 2.05. The van der Waals surface area contributed by atoms with Crippen LogP contribution in [0, 0.1) is 18.8 Å². The Morgan fingerprint density at radius 1 is 1.56 bits per heavy atom. The molecule has 1 aliphatic rings. The number of carbonyl (C=O) groups is 1. The molecule has 2 rings (SSSR count). The summed E-state index contributed by atoms with van der Waals surface area (Å²) in [6.45, 7) is 5.94. The average Bonchev–Trinajstić information content (AvgIpc) is 2.73. The Kier molecular flexibility index (Phi) is 3.45. The Morgan fingerprint density at radius 3 is 2.75 bits per heavy atom. The van der Waals surface area contributed by atoms with E-state index in [4.69, 9.17) is 0 Å². The lowest BCUT2D eigenvalue weighted by Crippen LogP contribution is -2.27. The standard InChI is InChI=1S/C13H19NOS/c1-9-6-11(9)7-14(3)8-12(15)13-5-4-10(2)16-13/h4-5,9,11H,6-8H2,1-3H3. The van der Waals surface area contributed by atoms with Gasteiger partial charge in [0.1, 0.15) is 0 Å². The molecule has 0 saturated heterocycles. The van der Waals surface area contributed by atoms with Crippen LogP contribution in [0.2, 0.25) is 0 Å². The van der Waals surface area contributed by atoms with Gasteiger partial charge in [0, 0.05) is 11.4 Å². The zero-order valence-corrected chi connectivity index (χ0v) is 11.0. The van der Waals surface area contributed by atoms with Crippen molar-refractivity contribution in [2.75, 3.05) is 20.1 Å². The molecule has 0 N–H and O–H groups in total. The number of likely N-dealkylation sites (N-methyl/N-ethyl adjacent to an activating group) is 1. The van der Waals surface area contributed by atoms with Crippen molar-refractivity contribution in [3.05, 3.63) is 21.9 Å². The maximum atomic E-state index is 11.9. The van der Waals surface area contributed by atoms with Gasteiger partial charge in [-0.2, -0.15) is 0 Å². The maximum Gasteiger partial charge on any atom is 0.186 e. The Bertz CT molecular complexity index is 385. The van der Waals surface area contributed by atoms with Gasteiger partial charge in [-0.05, 0) is 44.4 Å². The molecule has 1 aromatic rings. The van der Waals surface area contributed by atoms with E-state index in [1.165, 1.54) is 11.3 Å². The van der Waals surface area contributed by atoms with Gasteiger partial charge in [-0.25, -0.2) is 0 Å². The minimum absolute atomic E-state index is 0.258. The number of Topliss-reactive ketones (excluding diaryl/α,β-unsaturated/α-hetero) is 1. The maximum absolute atomic E-state index is 11.9. The van der Waals surface area contributed by atoms with Gasteiger partial charge < -0.3 is 0 Å². The van der Waals surface area contributed by atoms with E-state index in [1.54, 1.807) is 11.3 Å². The molecule has 1 heterocycles. The number of aryl methyl sites for hydroxylation is 1. The highest BCUT2D eigenvalue weighted by Crippen LogP contribution is 2.37. The molecular weight excluding hydrogens is 218 g/mol. The third-order valence-corrected chi connectivity index (χ3v) is 4.29. The minimum atomic E-state index is 0.258. The molecule has 0 radical (unpaired) electrons. The second kappa shape index (κ2) is 4.68. The first kappa shape index (κ1) is 11.8. The summed E-state index contributed by atoms with van der Waals surface area (Å²) >= 11 is 1.60. The second-order valence-corrected chi connectivity index (χ2v) is 6.29. The SMILES string of the molecule is Cc1ccc(C(=O)CN(C)CC2CC2C)s1. The van der Waals surface area contributed by atoms with Crippen molar-refractivity contribution < 1.29 is 4.79 Å². The van der Waals surface area contributed by atoms with Crippen molar-refractivity contribution in [3.63, 3.8) is 0 Å². The lowest BCUT2D eigenvalue weighted by molar-refractivity contribution is 0.0947. The molecule has 2 nitrogen and oxygen atoms in total. The third kappa shape index (κ3) is 2.92. The highest BCUT2D eigenvalue weighted by molar-refractivity contribution is 7.14. The normalized spacial score (nSPS) is 23.8. The van der Waals surface area contributed by atoms with Crippen LogP contribution in [0.1, 0.15) is 27.9 Å². The smallest absolute Gasteiger partial charge is 0.186 e. The summed E-state index contributed by atoms with van der Waals surface area (Å²) in [6.07, 6.45) is 1.33. The van der Waals surface area contributed by atoms with Crippen LogP contribution in [0.3, 0.4) is 0 Å². The molecule has 3 heteroatoms. The number of carbonyl (C=O) groups excluding carboxylic acids is 1. The van der Waals surface area contributed by atoms with E-state index in [1.807, 2.05) is 26.1 Å². The van der Waals surface area contributed by atoms with Crippen LogP contribution >= 0.6 is 11.3 Å². The summed E-state index contributed by atoms with van der Waals surface area (Å²) in [5, 5.41) is 0.